The maximum atomic E-state index is 9.63. The molecule has 2 rings (SSSR count). The molecule has 0 bridgehead atoms. The first-order valence-corrected chi connectivity index (χ1v) is 8.86. The molecule has 0 spiro atoms. The number of benzene rings is 2. The van der Waals surface area contributed by atoms with Crippen molar-refractivity contribution in [2.75, 3.05) is 12.5 Å². The van der Waals surface area contributed by atoms with E-state index in [1.165, 1.54) is 6.42 Å². The van der Waals surface area contributed by atoms with Crippen LogP contribution in [0.2, 0.25) is 0 Å². The molecule has 0 saturated heterocycles. The fourth-order valence-electron chi connectivity index (χ4n) is 0.770. The zero-order valence-corrected chi connectivity index (χ0v) is 13.7. The molecule has 0 heterocycles. The van der Waals surface area contributed by atoms with Crippen LogP contribution in [-0.2, 0) is 9.84 Å². The number of hydrogen-bond acceptors (Lipinski definition) is 2. The predicted molar refractivity (Wildman–Crippen MR) is 89.6 cm³/mol. The Morgan fingerprint density at radius 3 is 0.650 bits per heavy atom. The average molecular weight is 294 g/mol. The summed E-state index contributed by atoms with van der Waals surface area (Å²) in [5.74, 6) is 0. The van der Waals surface area contributed by atoms with Crippen LogP contribution in [0.25, 0.3) is 0 Å². The summed E-state index contributed by atoms with van der Waals surface area (Å²) in [5, 5.41) is 0. The van der Waals surface area contributed by atoms with Crippen molar-refractivity contribution >= 4 is 9.84 Å². The Labute approximate surface area is 124 Å². The zero-order valence-electron chi connectivity index (χ0n) is 12.9. The quantitative estimate of drug-likeness (QED) is 0.719. The Kier molecular flexibility index (Phi) is 16.0. The summed E-state index contributed by atoms with van der Waals surface area (Å²) in [5.41, 5.74) is 0. The van der Waals surface area contributed by atoms with Crippen LogP contribution in [0.3, 0.4) is 0 Å². The highest BCUT2D eigenvalue weighted by molar-refractivity contribution is 7.89. The first-order chi connectivity index (χ1) is 9.41. The monoisotopic (exact) mass is 294 g/mol. The van der Waals surface area contributed by atoms with Gasteiger partial charge in [0.25, 0.3) is 0 Å². The Morgan fingerprint density at radius 1 is 0.550 bits per heavy atom. The van der Waals surface area contributed by atoms with Crippen molar-refractivity contribution in [2.24, 2.45) is 0 Å². The molecule has 20 heavy (non-hydrogen) atoms. The van der Waals surface area contributed by atoms with Crippen LogP contribution < -0.4 is 0 Å². The van der Waals surface area contributed by atoms with Crippen LogP contribution in [-0.4, -0.2) is 20.9 Å². The van der Waals surface area contributed by atoms with Crippen molar-refractivity contribution in [1.29, 1.82) is 0 Å². The third-order valence-electron chi connectivity index (χ3n) is 1.33. The predicted octanol–water partition coefficient (Wildman–Crippen LogP) is 4.45. The van der Waals surface area contributed by atoms with Crippen LogP contribution in [0.5, 0.6) is 0 Å². The normalized spacial score (nSPS) is 8.60. The van der Waals surface area contributed by atoms with Gasteiger partial charge in [0.1, 0.15) is 9.84 Å². The molecule has 0 unspecified atom stereocenters. The van der Waals surface area contributed by atoms with Crippen molar-refractivity contribution in [3.63, 3.8) is 0 Å². The van der Waals surface area contributed by atoms with E-state index in [1.54, 1.807) is 0 Å². The lowest BCUT2D eigenvalue weighted by Crippen LogP contribution is -1.86. The third kappa shape index (κ3) is 36.0. The molecule has 0 aliphatic rings. The second kappa shape index (κ2) is 15.4. The lowest BCUT2D eigenvalue weighted by molar-refractivity contribution is 0.607. The molecule has 0 atom stereocenters. The van der Waals surface area contributed by atoms with E-state index in [0.29, 0.717) is 0 Å². The standard InChI is InChI=1S/2C6H6.C3H8.C2H6O2S/c2*1-2-4-6-5-3-1;1-3-2;1-5(2,3)4/h2*1-6H;3H2,1-2H3;1-2H3. The molecule has 2 aromatic carbocycles. The van der Waals surface area contributed by atoms with Crippen LogP contribution >= 0.6 is 0 Å². The zero-order chi connectivity index (χ0) is 15.7. The molecule has 0 N–H and O–H groups in total. The second-order valence-corrected chi connectivity index (χ2v) is 6.45. The Balaban J connectivity index is 0. The molecule has 3 heteroatoms. The Bertz CT molecular complexity index is 372. The summed E-state index contributed by atoms with van der Waals surface area (Å²) in [4.78, 5) is 0. The van der Waals surface area contributed by atoms with E-state index in [0.717, 1.165) is 12.5 Å². The minimum absolute atomic E-state index is 1.16. The Morgan fingerprint density at radius 2 is 0.600 bits per heavy atom. The maximum Gasteiger partial charge on any atom is 0.144 e. The smallest absolute Gasteiger partial charge is 0.144 e. The van der Waals surface area contributed by atoms with Crippen LogP contribution in [0.15, 0.2) is 72.8 Å². The van der Waals surface area contributed by atoms with Gasteiger partial charge in [-0.1, -0.05) is 93.1 Å². The molecule has 2 nitrogen and oxygen atoms in total. The molecule has 2 aromatic rings. The summed E-state index contributed by atoms with van der Waals surface area (Å²) in [6.45, 7) is 4.25. The lowest BCUT2D eigenvalue weighted by atomic mass is 10.4. The Hall–Kier alpha value is -1.61. The van der Waals surface area contributed by atoms with Crippen molar-refractivity contribution in [2.45, 2.75) is 20.3 Å². The molecule has 0 aromatic heterocycles. The molecule has 0 fully saturated rings. The average Bonchev–Trinajstić information content (AvgIpc) is 2.42. The van der Waals surface area contributed by atoms with E-state index in [-0.39, 0.29) is 0 Å². The SMILES string of the molecule is CCC.CS(C)(=O)=O.c1ccccc1.c1ccccc1. The highest BCUT2D eigenvalue weighted by atomic mass is 32.2. The summed E-state index contributed by atoms with van der Waals surface area (Å²) >= 11 is 0. The van der Waals surface area contributed by atoms with Gasteiger partial charge in [-0.3, -0.25) is 0 Å². The summed E-state index contributed by atoms with van der Waals surface area (Å²) in [7, 11) is -2.67. The first-order valence-electron chi connectivity index (χ1n) is 6.56. The van der Waals surface area contributed by atoms with Gasteiger partial charge in [0, 0.05) is 12.5 Å². The molecule has 0 aliphatic carbocycles. The topological polar surface area (TPSA) is 34.1 Å². The van der Waals surface area contributed by atoms with Crippen molar-refractivity contribution in [3.05, 3.63) is 72.8 Å². The third-order valence-corrected chi connectivity index (χ3v) is 1.33. The van der Waals surface area contributed by atoms with E-state index >= 15 is 0 Å². The summed E-state index contributed by atoms with van der Waals surface area (Å²) in [6.07, 6.45) is 3.57. The van der Waals surface area contributed by atoms with Crippen molar-refractivity contribution in [1.82, 2.24) is 0 Å². The van der Waals surface area contributed by atoms with Crippen molar-refractivity contribution < 1.29 is 8.42 Å². The molecular weight excluding hydrogens is 268 g/mol. The number of rotatable bonds is 0. The van der Waals surface area contributed by atoms with E-state index in [1.807, 2.05) is 72.8 Å². The van der Waals surface area contributed by atoms with Gasteiger partial charge in [-0.2, -0.15) is 0 Å². The molecule has 0 saturated carbocycles. The van der Waals surface area contributed by atoms with Gasteiger partial charge in [0.2, 0.25) is 0 Å². The maximum absolute atomic E-state index is 9.63. The minimum atomic E-state index is -2.67. The fraction of sp³-hybridized carbons (Fsp3) is 0.294. The van der Waals surface area contributed by atoms with Gasteiger partial charge in [0.05, 0.1) is 0 Å². The lowest BCUT2D eigenvalue weighted by Gasteiger charge is -1.69. The second-order valence-electron chi connectivity index (χ2n) is 4.16. The summed E-state index contributed by atoms with van der Waals surface area (Å²) in [6, 6.07) is 24.0. The van der Waals surface area contributed by atoms with Gasteiger partial charge >= 0.3 is 0 Å². The molecule has 0 amide bonds. The van der Waals surface area contributed by atoms with E-state index in [9.17, 15) is 8.42 Å². The largest absolute Gasteiger partial charge is 0.229 e. The highest BCUT2D eigenvalue weighted by Crippen LogP contribution is 1.80. The summed E-state index contributed by atoms with van der Waals surface area (Å²) < 4.78 is 19.3. The fourth-order valence-corrected chi connectivity index (χ4v) is 0.770. The molecule has 112 valence electrons. The first kappa shape index (κ1) is 20.7. The van der Waals surface area contributed by atoms with Crippen LogP contribution in [0, 0.1) is 0 Å². The molecule has 0 radical (unpaired) electrons. The van der Waals surface area contributed by atoms with E-state index in [2.05, 4.69) is 13.8 Å². The number of sulfone groups is 1. The van der Waals surface area contributed by atoms with Gasteiger partial charge in [-0.25, -0.2) is 8.42 Å². The van der Waals surface area contributed by atoms with E-state index in [4.69, 9.17) is 0 Å². The van der Waals surface area contributed by atoms with Gasteiger partial charge in [-0.15, -0.1) is 0 Å². The van der Waals surface area contributed by atoms with E-state index < -0.39 is 9.84 Å². The molecular formula is C17H26O2S. The van der Waals surface area contributed by atoms with Crippen LogP contribution in [0.1, 0.15) is 20.3 Å². The van der Waals surface area contributed by atoms with Gasteiger partial charge < -0.3 is 0 Å². The van der Waals surface area contributed by atoms with Gasteiger partial charge in [-0.05, 0) is 0 Å². The minimum Gasteiger partial charge on any atom is -0.229 e. The van der Waals surface area contributed by atoms with Crippen LogP contribution in [0.4, 0.5) is 0 Å². The molecule has 0 aliphatic heterocycles. The number of hydrogen-bond donors (Lipinski definition) is 0. The van der Waals surface area contributed by atoms with Gasteiger partial charge in [0.15, 0.2) is 0 Å². The highest BCUT2D eigenvalue weighted by Gasteiger charge is 1.79. The van der Waals surface area contributed by atoms with Crippen molar-refractivity contribution in [3.8, 4) is 0 Å².